The first kappa shape index (κ1) is 35.1. The van der Waals surface area contributed by atoms with E-state index in [9.17, 15) is 9.59 Å². The number of carbonyl (C=O) groups is 2. The summed E-state index contributed by atoms with van der Waals surface area (Å²) in [7, 11) is 0. The molecule has 1 fully saturated rings. The maximum Gasteiger partial charge on any atom is 0.323 e. The van der Waals surface area contributed by atoms with E-state index < -0.39 is 60.7 Å². The van der Waals surface area contributed by atoms with Crippen LogP contribution in [0.4, 0.5) is 8.78 Å². The Morgan fingerprint density at radius 3 is 1.85 bits per heavy atom. The van der Waals surface area contributed by atoms with Crippen LogP contribution in [-0.2, 0) is 53.1 Å². The predicted molar refractivity (Wildman–Crippen MR) is 167 cm³/mol. The molecule has 0 spiro atoms. The van der Waals surface area contributed by atoms with Gasteiger partial charge in [0.25, 0.3) is 5.92 Å². The zero-order valence-electron chi connectivity index (χ0n) is 26.1. The lowest BCUT2D eigenvalue weighted by molar-refractivity contribution is -0.275. The number of hydrogen-bond acceptors (Lipinski definition) is 8. The first-order chi connectivity index (χ1) is 22.2. The maximum atomic E-state index is 16.2. The van der Waals surface area contributed by atoms with E-state index in [-0.39, 0.29) is 33.0 Å². The Kier molecular flexibility index (Phi) is 13.2. The Labute approximate surface area is 268 Å². The second-order valence-electron chi connectivity index (χ2n) is 11.2. The molecule has 1 aliphatic rings. The second-order valence-corrected chi connectivity index (χ2v) is 11.2. The number of ether oxygens (including phenoxy) is 5. The van der Waals surface area contributed by atoms with Crippen LogP contribution in [0.2, 0.25) is 0 Å². The van der Waals surface area contributed by atoms with Crippen molar-refractivity contribution in [3.63, 3.8) is 0 Å². The van der Waals surface area contributed by atoms with Gasteiger partial charge in [0.05, 0.1) is 39.1 Å². The Morgan fingerprint density at radius 2 is 1.35 bits per heavy atom. The summed E-state index contributed by atoms with van der Waals surface area (Å²) in [4.78, 5) is 24.7. The number of nitrogens with two attached hydrogens (primary N) is 1. The molecule has 11 heteroatoms. The van der Waals surface area contributed by atoms with Crippen LogP contribution in [0, 0.1) is 0 Å². The number of hydrogen-bond donors (Lipinski definition) is 2. The summed E-state index contributed by atoms with van der Waals surface area (Å²) in [6, 6.07) is 25.0. The molecule has 1 aliphatic heterocycles. The Morgan fingerprint density at radius 1 is 0.848 bits per heavy atom. The SMILES string of the molecule is CCOC(=O)[C@@H](N)CC(F)(F)[C@H]1O[C@H](COCc2ccccc2)[C@H](OCc2ccccc2)[C@H](OCc2ccccc2)[C@H]1NC(C)=O. The minimum Gasteiger partial charge on any atom is -0.465 e. The van der Waals surface area contributed by atoms with Crippen LogP contribution in [0.25, 0.3) is 0 Å². The van der Waals surface area contributed by atoms with Crippen molar-refractivity contribution in [3.8, 4) is 0 Å². The Hall–Kier alpha value is -3.74. The Bertz CT molecular complexity index is 1350. The van der Waals surface area contributed by atoms with Crippen LogP contribution >= 0.6 is 0 Å². The molecule has 248 valence electrons. The smallest absolute Gasteiger partial charge is 0.323 e. The van der Waals surface area contributed by atoms with E-state index >= 15 is 8.78 Å². The highest BCUT2D eigenvalue weighted by Gasteiger charge is 2.57. The van der Waals surface area contributed by atoms with Crippen LogP contribution in [0.5, 0.6) is 0 Å². The molecule has 0 aliphatic carbocycles. The fourth-order valence-electron chi connectivity index (χ4n) is 5.37. The summed E-state index contributed by atoms with van der Waals surface area (Å²) in [6.07, 6.45) is -6.12. The third kappa shape index (κ3) is 10.1. The second kappa shape index (κ2) is 17.3. The molecule has 46 heavy (non-hydrogen) atoms. The topological polar surface area (TPSA) is 118 Å². The van der Waals surface area contributed by atoms with Gasteiger partial charge in [0.1, 0.15) is 30.5 Å². The minimum atomic E-state index is -3.70. The molecule has 3 N–H and O–H groups in total. The maximum absolute atomic E-state index is 16.2. The molecule has 0 saturated carbocycles. The highest BCUT2D eigenvalue weighted by molar-refractivity contribution is 5.75. The van der Waals surface area contributed by atoms with Crippen LogP contribution in [0.3, 0.4) is 0 Å². The summed E-state index contributed by atoms with van der Waals surface area (Å²) in [5, 5.41) is 2.64. The van der Waals surface area contributed by atoms with Gasteiger partial charge in [-0.25, -0.2) is 8.78 Å². The molecule has 0 radical (unpaired) electrons. The largest absolute Gasteiger partial charge is 0.465 e. The van der Waals surface area contributed by atoms with Gasteiger partial charge in [0.15, 0.2) is 0 Å². The summed E-state index contributed by atoms with van der Waals surface area (Å²) in [6.45, 7) is 3.02. The third-order valence-electron chi connectivity index (χ3n) is 7.52. The monoisotopic (exact) mass is 640 g/mol. The van der Waals surface area contributed by atoms with E-state index in [2.05, 4.69) is 5.32 Å². The van der Waals surface area contributed by atoms with Gasteiger partial charge >= 0.3 is 5.97 Å². The fraction of sp³-hybridized carbons (Fsp3) is 0.429. The van der Waals surface area contributed by atoms with Crippen LogP contribution in [0.1, 0.15) is 37.0 Å². The van der Waals surface area contributed by atoms with E-state index in [1.165, 1.54) is 6.92 Å². The van der Waals surface area contributed by atoms with Crippen LogP contribution in [0.15, 0.2) is 91.0 Å². The van der Waals surface area contributed by atoms with Gasteiger partial charge in [-0.2, -0.15) is 0 Å². The normalized spacial score (nSPS) is 22.2. The molecular formula is C35H42F2N2O7. The molecule has 1 heterocycles. The quantitative estimate of drug-likeness (QED) is 0.219. The van der Waals surface area contributed by atoms with Gasteiger partial charge in [0, 0.05) is 13.3 Å². The van der Waals surface area contributed by atoms with E-state index in [4.69, 9.17) is 29.4 Å². The van der Waals surface area contributed by atoms with E-state index in [0.717, 1.165) is 16.7 Å². The molecule has 6 atom stereocenters. The van der Waals surface area contributed by atoms with Crippen molar-refractivity contribution in [1.82, 2.24) is 5.32 Å². The van der Waals surface area contributed by atoms with E-state index in [1.54, 1.807) is 6.92 Å². The highest BCUT2D eigenvalue weighted by atomic mass is 19.3. The van der Waals surface area contributed by atoms with Crippen LogP contribution < -0.4 is 11.1 Å². The summed E-state index contributed by atoms with van der Waals surface area (Å²) >= 11 is 0. The summed E-state index contributed by atoms with van der Waals surface area (Å²) in [5.74, 6) is -5.23. The Balaban J connectivity index is 1.69. The lowest BCUT2D eigenvalue weighted by Crippen LogP contribution is -2.69. The number of halogens is 2. The van der Waals surface area contributed by atoms with Crippen LogP contribution in [-0.4, -0.2) is 67.5 Å². The summed E-state index contributed by atoms with van der Waals surface area (Å²) in [5.41, 5.74) is 8.38. The van der Waals surface area contributed by atoms with Gasteiger partial charge in [-0.3, -0.25) is 9.59 Å². The number of alkyl halides is 2. The molecule has 0 unspecified atom stereocenters. The summed E-state index contributed by atoms with van der Waals surface area (Å²) < 4.78 is 62.2. The molecule has 0 bridgehead atoms. The van der Waals surface area contributed by atoms with Gasteiger partial charge in [0.2, 0.25) is 5.91 Å². The first-order valence-corrected chi connectivity index (χ1v) is 15.3. The van der Waals surface area contributed by atoms with E-state index in [0.29, 0.717) is 0 Å². The van der Waals surface area contributed by atoms with Crippen molar-refractivity contribution in [1.29, 1.82) is 0 Å². The van der Waals surface area contributed by atoms with Gasteiger partial charge in [-0.15, -0.1) is 0 Å². The van der Waals surface area contributed by atoms with Crippen molar-refractivity contribution in [2.24, 2.45) is 5.73 Å². The number of rotatable bonds is 16. The number of esters is 1. The molecule has 1 amide bonds. The molecule has 0 aromatic heterocycles. The molecular weight excluding hydrogens is 598 g/mol. The third-order valence-corrected chi connectivity index (χ3v) is 7.52. The van der Waals surface area contributed by atoms with Crippen molar-refractivity contribution < 1.29 is 42.1 Å². The van der Waals surface area contributed by atoms with Gasteiger partial charge in [-0.05, 0) is 23.6 Å². The standard InChI is InChI=1S/C35H42F2N2O7/c1-3-43-34(41)28(38)19-35(36,37)33-30(39-24(2)40)32(45-22-27-17-11-6-12-18-27)31(44-21-26-15-9-5-10-16-26)29(46-33)23-42-20-25-13-7-4-8-14-25/h4-18,28-33H,3,19-23,38H2,1-2H3,(H,39,40)/t28-,29+,30+,31-,32+,33-/m0/s1. The fourth-order valence-corrected chi connectivity index (χ4v) is 5.37. The highest BCUT2D eigenvalue weighted by Crippen LogP contribution is 2.38. The number of nitrogens with one attached hydrogen (secondary N) is 1. The first-order valence-electron chi connectivity index (χ1n) is 15.3. The van der Waals surface area contributed by atoms with Gasteiger partial charge < -0.3 is 34.7 Å². The number of benzene rings is 3. The molecule has 3 aromatic carbocycles. The molecule has 1 saturated heterocycles. The number of amides is 1. The molecule has 9 nitrogen and oxygen atoms in total. The van der Waals surface area contributed by atoms with Crippen molar-refractivity contribution in [2.75, 3.05) is 13.2 Å². The van der Waals surface area contributed by atoms with Crippen molar-refractivity contribution >= 4 is 11.9 Å². The minimum absolute atomic E-state index is 0.0107. The average Bonchev–Trinajstić information content (AvgIpc) is 3.04. The molecule has 3 aromatic rings. The lowest BCUT2D eigenvalue weighted by Gasteiger charge is -2.48. The van der Waals surface area contributed by atoms with Crippen molar-refractivity contribution in [2.45, 2.75) is 82.5 Å². The average molecular weight is 641 g/mol. The molecule has 4 rings (SSSR count). The predicted octanol–water partition coefficient (Wildman–Crippen LogP) is 4.56. The van der Waals surface area contributed by atoms with Crippen molar-refractivity contribution in [3.05, 3.63) is 108 Å². The zero-order valence-corrected chi connectivity index (χ0v) is 26.1. The number of carbonyl (C=O) groups excluding carboxylic acids is 2. The van der Waals surface area contributed by atoms with E-state index in [1.807, 2.05) is 91.0 Å². The zero-order chi connectivity index (χ0) is 32.9. The van der Waals surface area contributed by atoms with Gasteiger partial charge in [-0.1, -0.05) is 91.0 Å². The lowest BCUT2D eigenvalue weighted by atomic mass is 9.87.